The fourth-order valence-electron chi connectivity index (χ4n) is 2.23. The van der Waals surface area contributed by atoms with Crippen LogP contribution in [0.2, 0.25) is 0 Å². The maximum absolute atomic E-state index is 7.82. The van der Waals surface area contributed by atoms with Gasteiger partial charge in [-0.15, -0.1) is 5.10 Å². The summed E-state index contributed by atoms with van der Waals surface area (Å²) in [6, 6.07) is 8.26. The monoisotopic (exact) mass is 283 g/mol. The van der Waals surface area contributed by atoms with Gasteiger partial charge in [0.05, 0.1) is 11.3 Å². The van der Waals surface area contributed by atoms with Gasteiger partial charge in [-0.2, -0.15) is 5.10 Å². The zero-order valence-electron chi connectivity index (χ0n) is 12.9. The molecule has 0 aliphatic rings. The first kappa shape index (κ1) is 15.0. The molecule has 1 aromatic heterocycles. The SMILES string of the molecule is CCc1ccc(N(C)c2nnc(C)c(C)c2C(=N)N)cc1. The van der Waals surface area contributed by atoms with Crippen molar-refractivity contribution in [3.8, 4) is 0 Å². The van der Waals surface area contributed by atoms with E-state index < -0.39 is 0 Å². The van der Waals surface area contributed by atoms with Gasteiger partial charge < -0.3 is 10.6 Å². The molecule has 5 heteroatoms. The summed E-state index contributed by atoms with van der Waals surface area (Å²) >= 11 is 0. The Morgan fingerprint density at radius 3 is 2.33 bits per heavy atom. The standard InChI is InChI=1S/C16H21N5/c1-5-12-6-8-13(9-7-12)21(4)16-14(15(17)18)10(2)11(3)19-20-16/h6-9H,5H2,1-4H3,(H3,17,18). The summed E-state index contributed by atoms with van der Waals surface area (Å²) in [5, 5.41) is 16.2. The molecule has 0 atom stereocenters. The Bertz CT molecular complexity index is 661. The fraction of sp³-hybridized carbons (Fsp3) is 0.312. The van der Waals surface area contributed by atoms with E-state index in [1.165, 1.54) is 5.56 Å². The lowest BCUT2D eigenvalue weighted by molar-refractivity contribution is 0.930. The number of amidine groups is 1. The third kappa shape index (κ3) is 2.86. The van der Waals surface area contributed by atoms with Crippen molar-refractivity contribution in [2.75, 3.05) is 11.9 Å². The van der Waals surface area contributed by atoms with Crippen LogP contribution < -0.4 is 10.6 Å². The van der Waals surface area contributed by atoms with Crippen LogP contribution in [0.15, 0.2) is 24.3 Å². The highest BCUT2D eigenvalue weighted by atomic mass is 15.3. The molecule has 0 spiro atoms. The summed E-state index contributed by atoms with van der Waals surface area (Å²) in [7, 11) is 1.91. The lowest BCUT2D eigenvalue weighted by atomic mass is 10.1. The van der Waals surface area contributed by atoms with Gasteiger partial charge in [0.25, 0.3) is 0 Å². The van der Waals surface area contributed by atoms with Gasteiger partial charge in [-0.1, -0.05) is 19.1 Å². The molecule has 2 rings (SSSR count). The van der Waals surface area contributed by atoms with Crippen LogP contribution in [0.25, 0.3) is 0 Å². The van der Waals surface area contributed by atoms with Crippen molar-refractivity contribution < 1.29 is 0 Å². The van der Waals surface area contributed by atoms with E-state index in [-0.39, 0.29) is 5.84 Å². The lowest BCUT2D eigenvalue weighted by Crippen LogP contribution is -2.22. The number of nitrogens with zero attached hydrogens (tertiary/aromatic N) is 3. The molecule has 0 saturated heterocycles. The van der Waals surface area contributed by atoms with Gasteiger partial charge in [-0.3, -0.25) is 5.41 Å². The Balaban J connectivity index is 2.49. The van der Waals surface area contributed by atoms with E-state index in [0.29, 0.717) is 11.4 Å². The third-order valence-corrected chi connectivity index (χ3v) is 3.75. The summed E-state index contributed by atoms with van der Waals surface area (Å²) in [6.07, 6.45) is 1.01. The molecule has 1 aromatic carbocycles. The van der Waals surface area contributed by atoms with Gasteiger partial charge in [0.1, 0.15) is 5.84 Å². The zero-order chi connectivity index (χ0) is 15.6. The largest absolute Gasteiger partial charge is 0.384 e. The van der Waals surface area contributed by atoms with Crippen LogP contribution in [0.5, 0.6) is 0 Å². The average molecular weight is 283 g/mol. The molecule has 0 unspecified atom stereocenters. The number of aromatic nitrogens is 2. The first-order chi connectivity index (χ1) is 9.95. The molecule has 5 nitrogen and oxygen atoms in total. The fourth-order valence-corrected chi connectivity index (χ4v) is 2.23. The van der Waals surface area contributed by atoms with Crippen molar-refractivity contribution in [3.63, 3.8) is 0 Å². The maximum Gasteiger partial charge on any atom is 0.166 e. The number of aryl methyl sites for hydroxylation is 2. The minimum Gasteiger partial charge on any atom is -0.384 e. The summed E-state index contributed by atoms with van der Waals surface area (Å²) in [6.45, 7) is 5.91. The predicted octanol–water partition coefficient (Wildman–Crippen LogP) is 2.71. The molecule has 3 N–H and O–H groups in total. The Kier molecular flexibility index (Phi) is 4.21. The smallest absolute Gasteiger partial charge is 0.166 e. The van der Waals surface area contributed by atoms with E-state index >= 15 is 0 Å². The van der Waals surface area contributed by atoms with Crippen LogP contribution in [-0.4, -0.2) is 23.1 Å². The topological polar surface area (TPSA) is 78.9 Å². The van der Waals surface area contributed by atoms with Gasteiger partial charge in [-0.25, -0.2) is 0 Å². The highest BCUT2D eigenvalue weighted by molar-refractivity contribution is 6.01. The molecule has 21 heavy (non-hydrogen) atoms. The molecular formula is C16H21N5. The van der Waals surface area contributed by atoms with Gasteiger partial charge in [0.15, 0.2) is 5.82 Å². The van der Waals surface area contributed by atoms with Crippen molar-refractivity contribution in [2.45, 2.75) is 27.2 Å². The van der Waals surface area contributed by atoms with Crippen molar-refractivity contribution in [1.82, 2.24) is 10.2 Å². The van der Waals surface area contributed by atoms with Crippen LogP contribution >= 0.6 is 0 Å². The predicted molar refractivity (Wildman–Crippen MR) is 86.4 cm³/mol. The number of hydrogen-bond donors (Lipinski definition) is 2. The summed E-state index contributed by atoms with van der Waals surface area (Å²) in [5.74, 6) is 0.618. The summed E-state index contributed by atoms with van der Waals surface area (Å²) in [4.78, 5) is 1.91. The molecule has 1 heterocycles. The number of benzene rings is 1. The Labute approximate surface area is 125 Å². The van der Waals surface area contributed by atoms with Crippen molar-refractivity contribution in [2.24, 2.45) is 5.73 Å². The van der Waals surface area contributed by atoms with Crippen LogP contribution in [0, 0.1) is 19.3 Å². The Morgan fingerprint density at radius 1 is 1.19 bits per heavy atom. The third-order valence-electron chi connectivity index (χ3n) is 3.75. The first-order valence-electron chi connectivity index (χ1n) is 6.96. The van der Waals surface area contributed by atoms with Crippen molar-refractivity contribution in [1.29, 1.82) is 5.41 Å². The number of rotatable bonds is 4. The van der Waals surface area contributed by atoms with Crippen LogP contribution in [-0.2, 0) is 6.42 Å². The molecule has 2 aromatic rings. The molecule has 0 amide bonds. The minimum atomic E-state index is 0.0116. The minimum absolute atomic E-state index is 0.0116. The molecule has 0 saturated carbocycles. The number of nitrogens with one attached hydrogen (secondary N) is 1. The van der Waals surface area contributed by atoms with Crippen molar-refractivity contribution in [3.05, 3.63) is 46.6 Å². The van der Waals surface area contributed by atoms with Crippen LogP contribution in [0.4, 0.5) is 11.5 Å². The summed E-state index contributed by atoms with van der Waals surface area (Å²) < 4.78 is 0. The quantitative estimate of drug-likeness (QED) is 0.668. The molecule has 0 radical (unpaired) electrons. The lowest BCUT2D eigenvalue weighted by Gasteiger charge is -2.22. The van der Waals surface area contributed by atoms with E-state index in [9.17, 15) is 0 Å². The van der Waals surface area contributed by atoms with Gasteiger partial charge in [0.2, 0.25) is 0 Å². The number of anilines is 2. The zero-order valence-corrected chi connectivity index (χ0v) is 12.9. The number of nitrogen functional groups attached to an aromatic ring is 1. The molecule has 0 aliphatic heterocycles. The molecule has 0 bridgehead atoms. The molecular weight excluding hydrogens is 262 g/mol. The second-order valence-electron chi connectivity index (χ2n) is 5.10. The second-order valence-corrected chi connectivity index (χ2v) is 5.10. The Hall–Kier alpha value is -2.43. The first-order valence-corrected chi connectivity index (χ1v) is 6.96. The number of hydrogen-bond acceptors (Lipinski definition) is 4. The van der Waals surface area contributed by atoms with Gasteiger partial charge in [0, 0.05) is 12.7 Å². The Morgan fingerprint density at radius 2 is 1.81 bits per heavy atom. The van der Waals surface area contributed by atoms with E-state index in [4.69, 9.17) is 11.1 Å². The van der Waals surface area contributed by atoms with E-state index in [2.05, 4.69) is 29.3 Å². The van der Waals surface area contributed by atoms with Crippen LogP contribution in [0.3, 0.4) is 0 Å². The van der Waals surface area contributed by atoms with Crippen LogP contribution in [0.1, 0.15) is 29.3 Å². The molecule has 110 valence electrons. The summed E-state index contributed by atoms with van der Waals surface area (Å²) in [5.41, 5.74) is 10.3. The maximum atomic E-state index is 7.82. The molecule has 0 fully saturated rings. The van der Waals surface area contributed by atoms with E-state index in [1.54, 1.807) is 0 Å². The average Bonchev–Trinajstić information content (AvgIpc) is 2.48. The second kappa shape index (κ2) is 5.91. The van der Waals surface area contributed by atoms with Gasteiger partial charge in [-0.05, 0) is 43.5 Å². The van der Waals surface area contributed by atoms with E-state index in [1.807, 2.05) is 37.9 Å². The normalized spacial score (nSPS) is 10.5. The van der Waals surface area contributed by atoms with Crippen molar-refractivity contribution >= 4 is 17.3 Å². The van der Waals surface area contributed by atoms with E-state index in [0.717, 1.165) is 23.4 Å². The van der Waals surface area contributed by atoms with Gasteiger partial charge >= 0.3 is 0 Å². The highest BCUT2D eigenvalue weighted by Crippen LogP contribution is 2.27. The number of nitrogens with two attached hydrogens (primary N) is 1. The highest BCUT2D eigenvalue weighted by Gasteiger charge is 2.18. The molecule has 0 aliphatic carbocycles.